The molecule has 0 aromatic heterocycles. The van der Waals surface area contributed by atoms with E-state index in [0.29, 0.717) is 23.6 Å². The van der Waals surface area contributed by atoms with Gasteiger partial charge in [0, 0.05) is 23.9 Å². The summed E-state index contributed by atoms with van der Waals surface area (Å²) in [5.74, 6) is -0.298. The maximum Gasteiger partial charge on any atom is 0.278 e. The van der Waals surface area contributed by atoms with Crippen LogP contribution in [0.2, 0.25) is 0 Å². The molecule has 0 fully saturated rings. The molecule has 1 heterocycles. The number of imide groups is 1. The van der Waals surface area contributed by atoms with Crippen LogP contribution in [-0.4, -0.2) is 28.2 Å². The molecule has 8 heteroatoms. The van der Waals surface area contributed by atoms with Crippen LogP contribution in [0.25, 0.3) is 5.57 Å². The molecule has 4 rings (SSSR count). The average Bonchev–Trinajstić information content (AvgIpc) is 3.08. The molecule has 2 amide bonds. The molecule has 0 radical (unpaired) electrons. The second kappa shape index (κ2) is 9.99. The molecule has 1 aliphatic rings. The number of non-ortho nitro benzene ring substituents is 1. The van der Waals surface area contributed by atoms with Crippen LogP contribution in [0.15, 0.2) is 84.6 Å². The quantitative estimate of drug-likeness (QED) is 0.282. The molecule has 0 spiro atoms. The van der Waals surface area contributed by atoms with Gasteiger partial charge in [-0.1, -0.05) is 43.3 Å². The van der Waals surface area contributed by atoms with Gasteiger partial charge < -0.3 is 10.1 Å². The molecule has 172 valence electrons. The zero-order valence-corrected chi connectivity index (χ0v) is 18.6. The number of anilines is 1. The fourth-order valence-corrected chi connectivity index (χ4v) is 3.65. The first-order chi connectivity index (χ1) is 16.5. The number of benzene rings is 3. The van der Waals surface area contributed by atoms with Gasteiger partial charge in [0.2, 0.25) is 0 Å². The van der Waals surface area contributed by atoms with E-state index in [9.17, 15) is 19.7 Å². The highest BCUT2D eigenvalue weighted by molar-refractivity contribution is 6.36. The fourth-order valence-electron chi connectivity index (χ4n) is 3.65. The van der Waals surface area contributed by atoms with Crippen LogP contribution in [0, 0.1) is 10.1 Å². The van der Waals surface area contributed by atoms with Crippen molar-refractivity contribution in [2.75, 3.05) is 11.9 Å². The Balaban J connectivity index is 1.71. The minimum Gasteiger partial charge on any atom is -0.494 e. The van der Waals surface area contributed by atoms with Gasteiger partial charge >= 0.3 is 0 Å². The van der Waals surface area contributed by atoms with E-state index >= 15 is 0 Å². The summed E-state index contributed by atoms with van der Waals surface area (Å²) < 4.78 is 5.67. The SMILES string of the molecule is CCCOc1cccc(NC2=C(c3ccc([N+](=O)[O-])cc3)C(=O)N(Cc3ccccc3)C2=O)c1. The largest absolute Gasteiger partial charge is 0.494 e. The summed E-state index contributed by atoms with van der Waals surface area (Å²) in [5.41, 5.74) is 1.99. The normalized spacial score (nSPS) is 13.4. The van der Waals surface area contributed by atoms with E-state index in [1.807, 2.05) is 43.3 Å². The first kappa shape index (κ1) is 22.7. The molecule has 0 bridgehead atoms. The molecule has 3 aromatic rings. The van der Waals surface area contributed by atoms with Gasteiger partial charge in [0.1, 0.15) is 11.4 Å². The van der Waals surface area contributed by atoms with Crippen molar-refractivity contribution in [1.82, 2.24) is 4.90 Å². The number of nitro benzene ring substituents is 1. The van der Waals surface area contributed by atoms with Gasteiger partial charge in [0.15, 0.2) is 0 Å². The lowest BCUT2D eigenvalue weighted by Crippen LogP contribution is -2.31. The topological polar surface area (TPSA) is 102 Å². The zero-order valence-electron chi connectivity index (χ0n) is 18.6. The number of ether oxygens (including phenoxy) is 1. The summed E-state index contributed by atoms with van der Waals surface area (Å²) in [6.45, 7) is 2.68. The number of nitrogens with zero attached hydrogens (tertiary/aromatic N) is 2. The van der Waals surface area contributed by atoms with Gasteiger partial charge in [-0.2, -0.15) is 0 Å². The Hall–Kier alpha value is -4.46. The van der Waals surface area contributed by atoms with Crippen LogP contribution >= 0.6 is 0 Å². The third-order valence-electron chi connectivity index (χ3n) is 5.29. The highest BCUT2D eigenvalue weighted by Crippen LogP contribution is 2.33. The van der Waals surface area contributed by atoms with Crippen molar-refractivity contribution in [3.8, 4) is 5.75 Å². The van der Waals surface area contributed by atoms with Gasteiger partial charge in [-0.3, -0.25) is 24.6 Å². The number of rotatable bonds is 9. The maximum absolute atomic E-state index is 13.4. The lowest BCUT2D eigenvalue weighted by atomic mass is 10.0. The van der Waals surface area contributed by atoms with Crippen molar-refractivity contribution in [2.45, 2.75) is 19.9 Å². The Morgan fingerprint density at radius 2 is 1.68 bits per heavy atom. The lowest BCUT2D eigenvalue weighted by molar-refractivity contribution is -0.384. The molecule has 34 heavy (non-hydrogen) atoms. The lowest BCUT2D eigenvalue weighted by Gasteiger charge is -2.15. The van der Waals surface area contributed by atoms with Gasteiger partial charge in [0.25, 0.3) is 17.5 Å². The molecular weight excluding hydrogens is 434 g/mol. The van der Waals surface area contributed by atoms with E-state index in [2.05, 4.69) is 5.32 Å². The number of nitro groups is 1. The van der Waals surface area contributed by atoms with Gasteiger partial charge in [0.05, 0.1) is 23.6 Å². The van der Waals surface area contributed by atoms with Crippen molar-refractivity contribution in [3.05, 3.63) is 106 Å². The maximum atomic E-state index is 13.4. The number of carbonyl (C=O) groups is 2. The molecule has 3 aromatic carbocycles. The monoisotopic (exact) mass is 457 g/mol. The fraction of sp³-hybridized carbons (Fsp3) is 0.154. The van der Waals surface area contributed by atoms with Crippen molar-refractivity contribution in [1.29, 1.82) is 0 Å². The predicted molar refractivity (Wildman–Crippen MR) is 128 cm³/mol. The Bertz CT molecular complexity index is 1250. The first-order valence-electron chi connectivity index (χ1n) is 10.9. The van der Waals surface area contributed by atoms with Gasteiger partial charge in [-0.15, -0.1) is 0 Å². The van der Waals surface area contributed by atoms with Crippen LogP contribution in [0.5, 0.6) is 5.75 Å². The molecule has 1 aliphatic heterocycles. The number of carbonyl (C=O) groups excluding carboxylic acids is 2. The Morgan fingerprint density at radius 3 is 2.35 bits per heavy atom. The Morgan fingerprint density at radius 1 is 0.941 bits per heavy atom. The predicted octanol–water partition coefficient (Wildman–Crippen LogP) is 4.78. The number of amides is 2. The smallest absolute Gasteiger partial charge is 0.278 e. The molecule has 0 saturated heterocycles. The van der Waals surface area contributed by atoms with Crippen molar-refractivity contribution >= 4 is 28.8 Å². The van der Waals surface area contributed by atoms with Crippen LogP contribution in [0.3, 0.4) is 0 Å². The molecule has 0 saturated carbocycles. The van der Waals surface area contributed by atoms with E-state index in [1.165, 1.54) is 29.2 Å². The summed E-state index contributed by atoms with van der Waals surface area (Å²) in [7, 11) is 0. The second-order valence-electron chi connectivity index (χ2n) is 7.74. The highest BCUT2D eigenvalue weighted by atomic mass is 16.6. The highest BCUT2D eigenvalue weighted by Gasteiger charge is 2.39. The zero-order chi connectivity index (χ0) is 24.1. The standard InChI is InChI=1S/C26H23N3O5/c1-2-15-34-22-10-6-9-20(16-22)27-24-23(19-11-13-21(14-12-19)29(32)33)25(30)28(26(24)31)17-18-7-4-3-5-8-18/h3-14,16,27H,2,15,17H2,1H3. The third-order valence-corrected chi connectivity index (χ3v) is 5.29. The molecule has 0 atom stereocenters. The van der Waals surface area contributed by atoms with Crippen LogP contribution in [0.4, 0.5) is 11.4 Å². The molecular formula is C26H23N3O5. The Kier molecular flexibility index (Phi) is 6.68. The minimum atomic E-state index is -0.511. The molecule has 8 nitrogen and oxygen atoms in total. The second-order valence-corrected chi connectivity index (χ2v) is 7.74. The van der Waals surface area contributed by atoms with E-state index < -0.39 is 16.7 Å². The van der Waals surface area contributed by atoms with Crippen LogP contribution in [-0.2, 0) is 16.1 Å². The Labute approximate surface area is 196 Å². The minimum absolute atomic E-state index is 0.0995. The summed E-state index contributed by atoms with van der Waals surface area (Å²) in [5, 5.41) is 14.2. The van der Waals surface area contributed by atoms with Crippen molar-refractivity contribution < 1.29 is 19.2 Å². The first-order valence-corrected chi connectivity index (χ1v) is 10.9. The summed E-state index contributed by atoms with van der Waals surface area (Å²) >= 11 is 0. The molecule has 1 N–H and O–H groups in total. The van der Waals surface area contributed by atoms with Crippen molar-refractivity contribution in [3.63, 3.8) is 0 Å². The van der Waals surface area contributed by atoms with Crippen molar-refractivity contribution in [2.24, 2.45) is 0 Å². The summed E-state index contributed by atoms with van der Waals surface area (Å²) in [6.07, 6.45) is 0.856. The third kappa shape index (κ3) is 4.80. The number of hydrogen-bond acceptors (Lipinski definition) is 6. The number of hydrogen-bond donors (Lipinski definition) is 1. The average molecular weight is 457 g/mol. The van der Waals surface area contributed by atoms with Crippen LogP contribution in [0.1, 0.15) is 24.5 Å². The van der Waals surface area contributed by atoms with Crippen LogP contribution < -0.4 is 10.1 Å². The van der Waals surface area contributed by atoms with E-state index in [0.717, 1.165) is 12.0 Å². The van der Waals surface area contributed by atoms with Gasteiger partial charge in [-0.25, -0.2) is 0 Å². The van der Waals surface area contributed by atoms with E-state index in [1.54, 1.807) is 18.2 Å². The van der Waals surface area contributed by atoms with E-state index in [-0.39, 0.29) is 23.5 Å². The number of nitrogens with one attached hydrogen (secondary N) is 1. The molecule has 0 aliphatic carbocycles. The van der Waals surface area contributed by atoms with Gasteiger partial charge in [-0.05, 0) is 41.8 Å². The summed E-state index contributed by atoms with van der Waals surface area (Å²) in [4.78, 5) is 38.5. The summed E-state index contributed by atoms with van der Waals surface area (Å²) in [6, 6.07) is 21.9. The van der Waals surface area contributed by atoms with E-state index in [4.69, 9.17) is 4.74 Å². The molecule has 0 unspecified atom stereocenters.